The highest BCUT2D eigenvalue weighted by molar-refractivity contribution is 7.13. The summed E-state index contributed by atoms with van der Waals surface area (Å²) < 4.78 is 18.5. The zero-order valence-electron chi connectivity index (χ0n) is 16.2. The van der Waals surface area contributed by atoms with E-state index < -0.39 is 11.7 Å². The van der Waals surface area contributed by atoms with Crippen LogP contribution in [0.5, 0.6) is 0 Å². The molecule has 2 N–H and O–H groups in total. The molecule has 0 bridgehead atoms. The number of anilines is 1. The highest BCUT2D eigenvalue weighted by Gasteiger charge is 2.33. The van der Waals surface area contributed by atoms with E-state index >= 15 is 0 Å². The number of rotatable bonds is 8. The predicted molar refractivity (Wildman–Crippen MR) is 107 cm³/mol. The Balaban J connectivity index is 1.58. The molecule has 1 aromatic carbocycles. The molecular weight excluding hydrogens is 397 g/mol. The number of aromatic nitrogens is 2. The summed E-state index contributed by atoms with van der Waals surface area (Å²) in [5, 5.41) is 14.4. The monoisotopic (exact) mass is 421 g/mol. The number of urea groups is 1. The first kappa shape index (κ1) is 21.1. The van der Waals surface area contributed by atoms with Gasteiger partial charge in [0, 0.05) is 32.0 Å². The molecule has 1 aliphatic rings. The second-order valence-corrected chi connectivity index (χ2v) is 7.55. The van der Waals surface area contributed by atoms with Gasteiger partial charge in [-0.25, -0.2) is 9.18 Å². The number of benzene rings is 1. The third kappa shape index (κ3) is 5.70. The van der Waals surface area contributed by atoms with E-state index in [0.717, 1.165) is 30.6 Å². The van der Waals surface area contributed by atoms with Crippen LogP contribution in [0.3, 0.4) is 0 Å². The summed E-state index contributed by atoms with van der Waals surface area (Å²) in [4.78, 5) is 26.6. The topological polar surface area (TPSA) is 96.4 Å². The first-order valence-corrected chi connectivity index (χ1v) is 10.4. The smallest absolute Gasteiger partial charge is 0.317 e. The molecule has 1 atom stereocenters. The number of nitrogens with one attached hydrogen (secondary N) is 2. The molecule has 29 heavy (non-hydrogen) atoms. The van der Waals surface area contributed by atoms with Crippen molar-refractivity contribution in [2.24, 2.45) is 0 Å². The molecule has 0 unspecified atom stereocenters. The van der Waals surface area contributed by atoms with Crippen molar-refractivity contribution < 1.29 is 18.7 Å². The minimum Gasteiger partial charge on any atom is -0.382 e. The molecule has 10 heteroatoms. The minimum absolute atomic E-state index is 0.148. The minimum atomic E-state index is -0.454. The lowest BCUT2D eigenvalue weighted by molar-refractivity contribution is 0.102. The van der Waals surface area contributed by atoms with Gasteiger partial charge in [-0.05, 0) is 44.4 Å². The molecule has 3 rings (SSSR count). The summed E-state index contributed by atoms with van der Waals surface area (Å²) in [6.45, 7) is 4.38. The van der Waals surface area contributed by atoms with Gasteiger partial charge in [-0.2, -0.15) is 0 Å². The van der Waals surface area contributed by atoms with Crippen LogP contribution in [0.2, 0.25) is 0 Å². The van der Waals surface area contributed by atoms with Crippen molar-refractivity contribution in [2.45, 2.75) is 32.2 Å². The van der Waals surface area contributed by atoms with Crippen LogP contribution in [-0.4, -0.2) is 53.3 Å². The lowest BCUT2D eigenvalue weighted by Gasteiger charge is -2.23. The number of ether oxygens (including phenoxy) is 1. The molecule has 156 valence electrons. The van der Waals surface area contributed by atoms with E-state index in [9.17, 15) is 14.0 Å². The van der Waals surface area contributed by atoms with Gasteiger partial charge in [-0.1, -0.05) is 17.4 Å². The Morgan fingerprint density at radius 2 is 2.24 bits per heavy atom. The lowest BCUT2D eigenvalue weighted by Crippen LogP contribution is -2.40. The zero-order chi connectivity index (χ0) is 20.6. The number of nitrogens with zero attached hydrogens (tertiary/aromatic N) is 3. The molecule has 0 radical (unpaired) electrons. The Morgan fingerprint density at radius 1 is 1.38 bits per heavy atom. The third-order valence-corrected chi connectivity index (χ3v) is 5.49. The summed E-state index contributed by atoms with van der Waals surface area (Å²) in [6, 6.07) is 5.29. The van der Waals surface area contributed by atoms with E-state index in [2.05, 4.69) is 20.8 Å². The van der Waals surface area contributed by atoms with Crippen molar-refractivity contribution in [3.63, 3.8) is 0 Å². The summed E-state index contributed by atoms with van der Waals surface area (Å²) in [5.41, 5.74) is 0.348. The van der Waals surface area contributed by atoms with Gasteiger partial charge in [0.25, 0.3) is 5.91 Å². The van der Waals surface area contributed by atoms with Crippen LogP contribution >= 0.6 is 11.3 Å². The van der Waals surface area contributed by atoms with Gasteiger partial charge in [0.05, 0.1) is 6.04 Å². The lowest BCUT2D eigenvalue weighted by atomic mass is 10.2. The molecule has 2 heterocycles. The Hall–Kier alpha value is -2.59. The highest BCUT2D eigenvalue weighted by atomic mass is 32.1. The second kappa shape index (κ2) is 10.3. The van der Waals surface area contributed by atoms with Crippen LogP contribution in [0.25, 0.3) is 0 Å². The molecule has 1 saturated heterocycles. The van der Waals surface area contributed by atoms with E-state index in [0.29, 0.717) is 37.0 Å². The van der Waals surface area contributed by atoms with Gasteiger partial charge in [-0.15, -0.1) is 10.2 Å². The first-order valence-electron chi connectivity index (χ1n) is 9.61. The zero-order valence-corrected chi connectivity index (χ0v) is 17.0. The molecule has 0 spiro atoms. The Kier molecular flexibility index (Phi) is 7.48. The largest absolute Gasteiger partial charge is 0.382 e. The van der Waals surface area contributed by atoms with Crippen molar-refractivity contribution >= 4 is 29.0 Å². The molecule has 2 aromatic rings. The quantitative estimate of drug-likeness (QED) is 0.638. The maximum atomic E-state index is 13.3. The van der Waals surface area contributed by atoms with E-state index in [4.69, 9.17) is 4.74 Å². The number of halogens is 1. The van der Waals surface area contributed by atoms with Gasteiger partial charge in [0.2, 0.25) is 5.01 Å². The van der Waals surface area contributed by atoms with Crippen molar-refractivity contribution in [3.05, 3.63) is 40.1 Å². The highest BCUT2D eigenvalue weighted by Crippen LogP contribution is 2.33. The number of hydrogen-bond acceptors (Lipinski definition) is 6. The SMILES string of the molecule is CCOCCCNC(=O)N1CCC[C@@H]1c1nnc(C(=O)Nc2cccc(F)c2)s1. The average molecular weight is 421 g/mol. The average Bonchev–Trinajstić information content (AvgIpc) is 3.37. The second-order valence-electron chi connectivity index (χ2n) is 6.54. The maximum Gasteiger partial charge on any atom is 0.317 e. The normalized spacial score (nSPS) is 16.1. The van der Waals surface area contributed by atoms with Gasteiger partial charge in [0.1, 0.15) is 10.8 Å². The van der Waals surface area contributed by atoms with Gasteiger partial charge >= 0.3 is 6.03 Å². The van der Waals surface area contributed by atoms with Crippen molar-refractivity contribution in [2.75, 3.05) is 31.6 Å². The molecule has 1 aliphatic heterocycles. The van der Waals surface area contributed by atoms with Gasteiger partial charge in [0.15, 0.2) is 0 Å². The van der Waals surface area contributed by atoms with Crippen LogP contribution in [-0.2, 0) is 4.74 Å². The first-order chi connectivity index (χ1) is 14.1. The Morgan fingerprint density at radius 3 is 3.03 bits per heavy atom. The number of likely N-dealkylation sites (tertiary alicyclic amines) is 1. The predicted octanol–water partition coefficient (Wildman–Crippen LogP) is 3.20. The molecule has 1 aromatic heterocycles. The Labute approximate surface area is 172 Å². The fourth-order valence-corrected chi connectivity index (χ4v) is 3.98. The van der Waals surface area contributed by atoms with Crippen molar-refractivity contribution in [3.8, 4) is 0 Å². The maximum absolute atomic E-state index is 13.3. The number of hydrogen-bond donors (Lipinski definition) is 2. The molecule has 3 amide bonds. The Bertz CT molecular complexity index is 847. The molecule has 1 fully saturated rings. The summed E-state index contributed by atoms with van der Waals surface area (Å²) in [5.74, 6) is -0.890. The number of amides is 3. The number of carbonyl (C=O) groups excluding carboxylic acids is 2. The van der Waals surface area contributed by atoms with E-state index in [1.807, 2.05) is 6.92 Å². The molecular formula is C19H24FN5O3S. The summed E-state index contributed by atoms with van der Waals surface area (Å²) in [6.07, 6.45) is 2.38. The van der Waals surface area contributed by atoms with Gasteiger partial charge in [-0.3, -0.25) is 4.79 Å². The van der Waals surface area contributed by atoms with Gasteiger partial charge < -0.3 is 20.3 Å². The van der Waals surface area contributed by atoms with Crippen LogP contribution < -0.4 is 10.6 Å². The van der Waals surface area contributed by atoms with Crippen LogP contribution in [0.4, 0.5) is 14.9 Å². The van der Waals surface area contributed by atoms with Crippen LogP contribution in [0.1, 0.15) is 47.0 Å². The molecule has 0 aliphatic carbocycles. The fourth-order valence-electron chi connectivity index (χ4n) is 3.09. The summed E-state index contributed by atoms with van der Waals surface area (Å²) >= 11 is 1.15. The van der Waals surface area contributed by atoms with E-state index in [1.54, 1.807) is 11.0 Å². The van der Waals surface area contributed by atoms with E-state index in [-0.39, 0.29) is 17.1 Å². The van der Waals surface area contributed by atoms with Crippen LogP contribution in [0.15, 0.2) is 24.3 Å². The van der Waals surface area contributed by atoms with Crippen molar-refractivity contribution in [1.82, 2.24) is 20.4 Å². The van der Waals surface area contributed by atoms with Crippen molar-refractivity contribution in [1.29, 1.82) is 0 Å². The third-order valence-electron chi connectivity index (χ3n) is 4.46. The fraction of sp³-hybridized carbons (Fsp3) is 0.474. The standard InChI is InChI=1S/C19H24FN5O3S/c1-2-28-11-5-9-21-19(27)25-10-4-8-15(25)17-23-24-18(29-17)16(26)22-14-7-3-6-13(20)12-14/h3,6-7,12,15H,2,4-5,8-11H2,1H3,(H,21,27)(H,22,26)/t15-/m1/s1. The number of carbonyl (C=O) groups is 2. The van der Waals surface area contributed by atoms with Crippen LogP contribution in [0, 0.1) is 5.82 Å². The molecule has 8 nitrogen and oxygen atoms in total. The van der Waals surface area contributed by atoms with E-state index in [1.165, 1.54) is 18.2 Å². The summed E-state index contributed by atoms with van der Waals surface area (Å²) in [7, 11) is 0. The molecule has 0 saturated carbocycles.